The van der Waals surface area contributed by atoms with E-state index in [2.05, 4.69) is 15.3 Å². The number of hydrogen-bond donors (Lipinski definition) is 1. The van der Waals surface area contributed by atoms with Crippen LogP contribution in [0.5, 0.6) is 0 Å². The molecule has 0 aliphatic heterocycles. The van der Waals surface area contributed by atoms with E-state index in [1.54, 1.807) is 6.20 Å². The van der Waals surface area contributed by atoms with Gasteiger partial charge in [0.25, 0.3) is 5.91 Å². The summed E-state index contributed by atoms with van der Waals surface area (Å²) in [5.74, 6) is -0.0676. The topological polar surface area (TPSA) is 58.1 Å². The van der Waals surface area contributed by atoms with Gasteiger partial charge in [0, 0.05) is 30.4 Å². The molecular formula is C17H22N4O. The number of carbonyl (C=O) groups is 1. The molecule has 22 heavy (non-hydrogen) atoms. The summed E-state index contributed by atoms with van der Waals surface area (Å²) in [7, 11) is 3.96. The fourth-order valence-corrected chi connectivity index (χ4v) is 2.11. The van der Waals surface area contributed by atoms with E-state index in [4.69, 9.17) is 0 Å². The van der Waals surface area contributed by atoms with E-state index < -0.39 is 0 Å². The third-order valence-corrected chi connectivity index (χ3v) is 3.32. The molecule has 2 aromatic rings. The number of amides is 1. The predicted octanol–water partition coefficient (Wildman–Crippen LogP) is 2.05. The van der Waals surface area contributed by atoms with Crippen LogP contribution in [0.25, 0.3) is 11.3 Å². The monoisotopic (exact) mass is 298 g/mol. The lowest BCUT2D eigenvalue weighted by atomic mass is 10.1. The predicted molar refractivity (Wildman–Crippen MR) is 87.8 cm³/mol. The number of aryl methyl sites for hydroxylation is 2. The summed E-state index contributed by atoms with van der Waals surface area (Å²) in [6, 6.07) is 7.50. The molecule has 1 amide bonds. The van der Waals surface area contributed by atoms with Gasteiger partial charge in [-0.15, -0.1) is 0 Å². The Morgan fingerprint density at radius 3 is 2.77 bits per heavy atom. The normalized spacial score (nSPS) is 10.8. The van der Waals surface area contributed by atoms with Crippen LogP contribution in [0.3, 0.4) is 0 Å². The second-order valence-corrected chi connectivity index (χ2v) is 5.59. The summed E-state index contributed by atoms with van der Waals surface area (Å²) in [6.07, 6.45) is 1.75. The standard InChI is InChI=1S/C17H22N4O/c1-12-11-19-13(2)16(20-12)14-6-5-7-15(10-14)17(22)18-8-9-21(3)4/h5-7,10-11H,8-9H2,1-4H3,(H,18,22). The molecule has 0 atom stereocenters. The lowest BCUT2D eigenvalue weighted by Crippen LogP contribution is -2.31. The molecule has 0 aliphatic carbocycles. The number of carbonyl (C=O) groups excluding carboxylic acids is 1. The Balaban J connectivity index is 2.19. The van der Waals surface area contributed by atoms with Crippen LogP contribution in [0.4, 0.5) is 0 Å². The van der Waals surface area contributed by atoms with Crippen LogP contribution in [0, 0.1) is 13.8 Å². The first-order valence-electron chi connectivity index (χ1n) is 7.31. The van der Waals surface area contributed by atoms with Gasteiger partial charge in [-0.1, -0.05) is 12.1 Å². The molecule has 0 radical (unpaired) electrons. The average molecular weight is 298 g/mol. The molecule has 0 unspecified atom stereocenters. The number of aromatic nitrogens is 2. The van der Waals surface area contributed by atoms with Crippen LogP contribution < -0.4 is 5.32 Å². The van der Waals surface area contributed by atoms with Gasteiger partial charge in [0.15, 0.2) is 0 Å². The van der Waals surface area contributed by atoms with Crippen molar-refractivity contribution in [3.63, 3.8) is 0 Å². The number of nitrogens with one attached hydrogen (secondary N) is 1. The fourth-order valence-electron chi connectivity index (χ4n) is 2.11. The van der Waals surface area contributed by atoms with Crippen LogP contribution >= 0.6 is 0 Å². The first-order chi connectivity index (χ1) is 10.5. The molecule has 1 aromatic heterocycles. The van der Waals surface area contributed by atoms with Crippen molar-refractivity contribution in [3.05, 3.63) is 47.4 Å². The first kappa shape index (κ1) is 16.1. The molecule has 1 aromatic carbocycles. The van der Waals surface area contributed by atoms with Crippen LogP contribution in [-0.4, -0.2) is 48.0 Å². The summed E-state index contributed by atoms with van der Waals surface area (Å²) in [6.45, 7) is 5.27. The molecule has 2 rings (SSSR count). The summed E-state index contributed by atoms with van der Waals surface area (Å²) in [5, 5.41) is 2.92. The van der Waals surface area contributed by atoms with Crippen molar-refractivity contribution in [2.75, 3.05) is 27.2 Å². The van der Waals surface area contributed by atoms with E-state index in [0.29, 0.717) is 12.1 Å². The zero-order valence-corrected chi connectivity index (χ0v) is 13.6. The summed E-state index contributed by atoms with van der Waals surface area (Å²) in [5.41, 5.74) is 4.09. The van der Waals surface area contributed by atoms with Crippen molar-refractivity contribution in [3.8, 4) is 11.3 Å². The van der Waals surface area contributed by atoms with Gasteiger partial charge in [0.05, 0.1) is 17.1 Å². The quantitative estimate of drug-likeness (QED) is 0.918. The smallest absolute Gasteiger partial charge is 0.251 e. The summed E-state index contributed by atoms with van der Waals surface area (Å²) in [4.78, 5) is 23.1. The zero-order valence-electron chi connectivity index (χ0n) is 13.6. The Morgan fingerprint density at radius 2 is 2.05 bits per heavy atom. The van der Waals surface area contributed by atoms with E-state index in [9.17, 15) is 4.79 Å². The molecular weight excluding hydrogens is 276 g/mol. The van der Waals surface area contributed by atoms with Crippen LogP contribution in [-0.2, 0) is 0 Å². The van der Waals surface area contributed by atoms with Crippen molar-refractivity contribution >= 4 is 5.91 Å². The van der Waals surface area contributed by atoms with Gasteiger partial charge < -0.3 is 10.2 Å². The minimum atomic E-state index is -0.0676. The highest BCUT2D eigenvalue weighted by molar-refractivity contribution is 5.95. The van der Waals surface area contributed by atoms with Crippen molar-refractivity contribution in [2.45, 2.75) is 13.8 Å². The van der Waals surface area contributed by atoms with E-state index in [1.807, 2.05) is 57.1 Å². The van der Waals surface area contributed by atoms with E-state index in [1.165, 1.54) is 0 Å². The van der Waals surface area contributed by atoms with Gasteiger partial charge in [-0.05, 0) is 40.1 Å². The lowest BCUT2D eigenvalue weighted by molar-refractivity contribution is 0.0951. The molecule has 1 N–H and O–H groups in total. The number of hydrogen-bond acceptors (Lipinski definition) is 4. The molecule has 0 saturated carbocycles. The highest BCUT2D eigenvalue weighted by Gasteiger charge is 2.10. The highest BCUT2D eigenvalue weighted by atomic mass is 16.1. The second-order valence-electron chi connectivity index (χ2n) is 5.59. The van der Waals surface area contributed by atoms with Gasteiger partial charge >= 0.3 is 0 Å². The number of nitrogens with zero attached hydrogens (tertiary/aromatic N) is 3. The van der Waals surface area contributed by atoms with Gasteiger partial charge in [-0.3, -0.25) is 9.78 Å². The maximum absolute atomic E-state index is 12.2. The number of benzene rings is 1. The second kappa shape index (κ2) is 7.13. The van der Waals surface area contributed by atoms with Gasteiger partial charge in [0.1, 0.15) is 0 Å². The van der Waals surface area contributed by atoms with Crippen molar-refractivity contribution in [1.29, 1.82) is 0 Å². The van der Waals surface area contributed by atoms with Crippen molar-refractivity contribution in [2.24, 2.45) is 0 Å². The molecule has 116 valence electrons. The number of rotatable bonds is 5. The number of likely N-dealkylation sites (N-methyl/N-ethyl adjacent to an activating group) is 1. The Hall–Kier alpha value is -2.27. The van der Waals surface area contributed by atoms with Crippen molar-refractivity contribution < 1.29 is 4.79 Å². The third kappa shape index (κ3) is 4.11. The van der Waals surface area contributed by atoms with Crippen LogP contribution in [0.2, 0.25) is 0 Å². The fraction of sp³-hybridized carbons (Fsp3) is 0.353. The zero-order chi connectivity index (χ0) is 16.1. The molecule has 5 nitrogen and oxygen atoms in total. The molecule has 5 heteroatoms. The minimum absolute atomic E-state index is 0.0676. The molecule has 0 aliphatic rings. The van der Waals surface area contributed by atoms with Crippen molar-refractivity contribution in [1.82, 2.24) is 20.2 Å². The maximum Gasteiger partial charge on any atom is 0.251 e. The van der Waals surface area contributed by atoms with Crippen LogP contribution in [0.15, 0.2) is 30.5 Å². The van der Waals surface area contributed by atoms with Gasteiger partial charge in [0.2, 0.25) is 0 Å². The molecule has 0 saturated heterocycles. The maximum atomic E-state index is 12.2. The highest BCUT2D eigenvalue weighted by Crippen LogP contribution is 2.21. The SMILES string of the molecule is Cc1cnc(C)c(-c2cccc(C(=O)NCCN(C)C)c2)n1. The Kier molecular flexibility index (Phi) is 5.22. The van der Waals surface area contributed by atoms with E-state index in [-0.39, 0.29) is 5.91 Å². The molecule has 0 bridgehead atoms. The first-order valence-corrected chi connectivity index (χ1v) is 7.31. The Bertz CT molecular complexity index is 667. The van der Waals surface area contributed by atoms with Gasteiger partial charge in [-0.2, -0.15) is 0 Å². The van der Waals surface area contributed by atoms with E-state index in [0.717, 1.165) is 29.2 Å². The largest absolute Gasteiger partial charge is 0.351 e. The molecule has 0 spiro atoms. The molecule has 0 fully saturated rings. The van der Waals surface area contributed by atoms with Crippen LogP contribution in [0.1, 0.15) is 21.7 Å². The van der Waals surface area contributed by atoms with Gasteiger partial charge in [-0.25, -0.2) is 4.98 Å². The Labute approximate surface area is 131 Å². The third-order valence-electron chi connectivity index (χ3n) is 3.32. The summed E-state index contributed by atoms with van der Waals surface area (Å²) < 4.78 is 0. The average Bonchev–Trinajstić information content (AvgIpc) is 2.49. The van der Waals surface area contributed by atoms with E-state index >= 15 is 0 Å². The Morgan fingerprint density at radius 1 is 1.27 bits per heavy atom. The summed E-state index contributed by atoms with van der Waals surface area (Å²) >= 11 is 0. The molecule has 1 heterocycles. The minimum Gasteiger partial charge on any atom is -0.351 e. The lowest BCUT2D eigenvalue weighted by Gasteiger charge is -2.11.